The fraction of sp³-hybridized carbons (Fsp3) is 0.653. The van der Waals surface area contributed by atoms with Crippen molar-refractivity contribution in [3.8, 4) is 16.9 Å². The summed E-state index contributed by atoms with van der Waals surface area (Å²) in [5.74, 6) is -8.56. The van der Waals surface area contributed by atoms with Crippen molar-refractivity contribution in [3.05, 3.63) is 119 Å². The normalized spacial score (nSPS) is 26.7. The molecule has 2 saturated heterocycles. The third-order valence-electron chi connectivity index (χ3n) is 24.2. The number of hydrogen-bond acceptors (Lipinski definition) is 29. The number of aryl methyl sites for hydroxylation is 1. The van der Waals surface area contributed by atoms with Crippen molar-refractivity contribution in [2.75, 3.05) is 171 Å². The number of ketones is 3. The van der Waals surface area contributed by atoms with E-state index in [2.05, 4.69) is 15.6 Å². The monoisotopic (exact) mass is 1830 g/mol. The van der Waals surface area contributed by atoms with Crippen LogP contribution in [-0.2, 0) is 111 Å². The maximum absolute atomic E-state index is 14.7. The largest absolute Gasteiger partial charge is 0.491 e. The second-order valence-electron chi connectivity index (χ2n) is 34.1. The van der Waals surface area contributed by atoms with Crippen molar-refractivity contribution in [2.24, 2.45) is 35.5 Å². The Morgan fingerprint density at radius 3 is 1.96 bits per heavy atom. The molecule has 4 amide bonds. The number of methoxy groups -OCH3 is 3. The summed E-state index contributed by atoms with van der Waals surface area (Å²) >= 11 is 0. The second kappa shape index (κ2) is 55.3. The summed E-state index contributed by atoms with van der Waals surface area (Å²) in [5.41, 5.74) is 10.5. The molecule has 33 nitrogen and oxygen atoms in total. The Kier molecular flexibility index (Phi) is 45.4. The van der Waals surface area contributed by atoms with Crippen LogP contribution in [0.15, 0.2) is 107 Å². The number of carbonyl (C=O) groups excluding carboxylic acids is 8. The molecule has 1 aromatic heterocycles. The number of nitrogens with zero attached hydrogens (tertiary/aromatic N) is 3. The Morgan fingerprint density at radius 1 is 0.682 bits per heavy atom. The molecule has 1 saturated carbocycles. The molecule has 5 heterocycles. The summed E-state index contributed by atoms with van der Waals surface area (Å²) in [5, 5.41) is 29.2. The lowest BCUT2D eigenvalue weighted by atomic mass is 9.78. The van der Waals surface area contributed by atoms with Crippen LogP contribution >= 0.6 is 0 Å². The molecular weight excluding hydrogens is 1690 g/mol. The zero-order chi connectivity index (χ0) is 93.4. The molecule has 3 unspecified atom stereocenters. The van der Waals surface area contributed by atoms with Gasteiger partial charge in [0.15, 0.2) is 15.6 Å². The molecular formula is C95H140N6O27S. The van der Waals surface area contributed by atoms with Gasteiger partial charge in [0.25, 0.3) is 17.6 Å². The molecule has 34 heteroatoms. The van der Waals surface area contributed by atoms with Crippen LogP contribution in [-0.4, -0.2) is 301 Å². The highest BCUT2D eigenvalue weighted by Crippen LogP contribution is 2.39. The molecule has 0 radical (unpaired) electrons. The van der Waals surface area contributed by atoms with E-state index in [1.807, 2.05) is 75.4 Å². The Balaban J connectivity index is 0.643. The summed E-state index contributed by atoms with van der Waals surface area (Å²) in [6.07, 6.45) is 10.9. The molecule has 718 valence electrons. The smallest absolute Gasteiger partial charge is 0.407 e. The molecule has 6 N–H and O–H groups in total. The van der Waals surface area contributed by atoms with Gasteiger partial charge in [-0.2, -0.15) is 0 Å². The number of hydrogen-bond donors (Lipinski definition) is 5. The fourth-order valence-corrected chi connectivity index (χ4v) is 17.8. The SMILES string of the molecule is CO[C@H]1C[C@@H]2CC[C@@H](C)[C@@](O)(O2)C(=O)C(=O)N2CCCCC2C(=O)O[C@H]([C@H](C)C[C@@H]2CC[C@@H](OC(=O)NCCOCCOCCOCCOCCOCCOCCOCCOCCC(=O)NCCS(=O)(=O)c3ccc(C(=O)N4CCOc5ccc(-c6ccc(N)nc6)cc5C4)c(C)c3)[C@H](OC)C2)CC(=O)C(C)/C=C(\C)[C@@H](O)[C@@H](OC)C(=O)C(C)C[C@H](C)/C=C/C=C/C=C/1C. The number of ether oxygens (including phenoxy) is 15. The topological polar surface area (TPSA) is 419 Å². The molecule has 0 spiro atoms. The van der Waals surface area contributed by atoms with Gasteiger partial charge >= 0.3 is 12.1 Å². The predicted molar refractivity (Wildman–Crippen MR) is 479 cm³/mol. The second-order valence-corrected chi connectivity index (χ2v) is 36.2. The highest BCUT2D eigenvalue weighted by atomic mass is 32.2. The molecule has 4 aliphatic heterocycles. The third-order valence-corrected chi connectivity index (χ3v) is 25.9. The summed E-state index contributed by atoms with van der Waals surface area (Å²) in [6.45, 7) is 20.4. The quantitative estimate of drug-likeness (QED) is 0.0153. The summed E-state index contributed by atoms with van der Waals surface area (Å²) < 4.78 is 113. The van der Waals surface area contributed by atoms with Crippen LogP contribution in [0.3, 0.4) is 0 Å². The van der Waals surface area contributed by atoms with E-state index in [0.717, 1.165) is 22.3 Å². The first-order chi connectivity index (χ1) is 61.9. The molecule has 2 aromatic carbocycles. The van der Waals surface area contributed by atoms with Gasteiger partial charge in [-0.05, 0) is 167 Å². The van der Waals surface area contributed by atoms with E-state index < -0.39 is 112 Å². The first kappa shape index (κ1) is 106. The van der Waals surface area contributed by atoms with Gasteiger partial charge in [0.2, 0.25) is 11.7 Å². The minimum absolute atomic E-state index is 0.0229. The van der Waals surface area contributed by atoms with E-state index in [9.17, 15) is 57.0 Å². The number of nitrogen functional groups attached to an aromatic ring is 1. The van der Waals surface area contributed by atoms with Crippen LogP contribution in [0.5, 0.6) is 5.75 Å². The number of aromatic nitrogens is 1. The number of aliphatic hydroxyl groups excluding tert-OH is 1. The maximum atomic E-state index is 14.7. The Hall–Kier alpha value is -8.30. The summed E-state index contributed by atoms with van der Waals surface area (Å²) in [6, 6.07) is 12.6. The van der Waals surface area contributed by atoms with Gasteiger partial charge in [-0.15, -0.1) is 0 Å². The number of cyclic esters (lactones) is 1. The molecule has 129 heavy (non-hydrogen) atoms. The van der Waals surface area contributed by atoms with Crippen molar-refractivity contribution in [1.29, 1.82) is 0 Å². The number of allylic oxidation sites excluding steroid dienone is 6. The third kappa shape index (κ3) is 34.0. The van der Waals surface area contributed by atoms with Crippen LogP contribution in [0.4, 0.5) is 10.6 Å². The van der Waals surface area contributed by atoms with E-state index in [1.54, 1.807) is 72.1 Å². The van der Waals surface area contributed by atoms with Gasteiger partial charge in [0.1, 0.15) is 54.4 Å². The summed E-state index contributed by atoms with van der Waals surface area (Å²) in [4.78, 5) is 119. The average Bonchev–Trinajstić information content (AvgIpc) is 1.08. The number of aliphatic hydroxyl groups is 2. The molecule has 3 fully saturated rings. The number of sulfone groups is 1. The Labute approximate surface area is 760 Å². The van der Waals surface area contributed by atoms with Crippen LogP contribution in [0.25, 0.3) is 11.1 Å². The molecule has 15 atom stereocenters. The molecule has 3 aromatic rings. The number of nitrogens with two attached hydrogens (primary N) is 1. The van der Waals surface area contributed by atoms with Gasteiger partial charge in [-0.25, -0.2) is 23.0 Å². The highest BCUT2D eigenvalue weighted by Gasteiger charge is 2.53. The fourth-order valence-electron chi connectivity index (χ4n) is 16.5. The zero-order valence-electron chi connectivity index (χ0n) is 77.1. The minimum atomic E-state index is -3.79. The Morgan fingerprint density at radius 2 is 1.33 bits per heavy atom. The van der Waals surface area contributed by atoms with E-state index in [0.29, 0.717) is 185 Å². The molecule has 2 bridgehead atoms. The summed E-state index contributed by atoms with van der Waals surface area (Å²) in [7, 11) is 0.687. The number of anilines is 1. The van der Waals surface area contributed by atoms with E-state index in [-0.39, 0.29) is 118 Å². The number of piperidine rings is 1. The number of amides is 4. The molecule has 8 rings (SSSR count). The van der Waals surface area contributed by atoms with Crippen LogP contribution < -0.4 is 21.1 Å². The predicted octanol–water partition coefficient (Wildman–Crippen LogP) is 9.01. The van der Waals surface area contributed by atoms with E-state index in [1.165, 1.54) is 30.2 Å². The number of pyridine rings is 1. The minimum Gasteiger partial charge on any atom is -0.491 e. The van der Waals surface area contributed by atoms with Gasteiger partial charge in [-0.3, -0.25) is 28.8 Å². The standard InChI is InChI=1S/C95H140N6O27S/c1-63-17-13-12-14-18-64(2)82(114-9)59-75-24-20-70(8)95(111,128-75)90(106)92(108)101-33-16-15-19-78(101)93(109)126-83(60-79(102)66(4)54-69(7)88(105)89(116-11)87(104)68(6)53-63)67(5)55-71-21-27-81(84(57-71)115-10)127-94(110)98-31-36-118-39-41-120-43-45-122-47-49-124-51-50-123-48-46-121-44-42-119-40-38-117-35-30-86(103)97-32-52-129(112,113)76-25-26-77(65(3)56-76)91(107)100-34-37-125-80-28-22-72(58-74(80)62-100)73-23-29-85(96)99-61-73/h12-14,17-18,22-23,25-26,28-29,54,56,58,61,63,66-68,70-71,75,78,81-84,88-89,105,111H,15-16,19-21,24,27,30-53,55,57,59-60,62H2,1-11H3,(H2,96,99)(H,97,103)(H,98,110)/b14-12+,17-13+,64-18+,69-54+/t63-,66?,67-,68?,70-,71+,75+,78?,81-,82+,83+,84-,88-,89+,95-/m1/s1. The van der Waals surface area contributed by atoms with Gasteiger partial charge in [0.05, 0.1) is 141 Å². The van der Waals surface area contributed by atoms with Crippen molar-refractivity contribution in [1.82, 2.24) is 25.4 Å². The number of esters is 1. The number of benzene rings is 2. The average molecular weight is 1830 g/mol. The first-order valence-corrected chi connectivity index (χ1v) is 47.0. The van der Waals surface area contributed by atoms with Gasteiger partial charge < -0.3 is 107 Å². The number of carbonyl (C=O) groups is 8. The first-order valence-electron chi connectivity index (χ1n) is 45.4. The molecule has 5 aliphatic rings. The number of nitrogens with one attached hydrogen (secondary N) is 2. The number of alkyl carbamates (subject to hydrolysis) is 1. The van der Waals surface area contributed by atoms with Crippen molar-refractivity contribution >= 4 is 62.8 Å². The van der Waals surface area contributed by atoms with Gasteiger partial charge in [0, 0.05) is 107 Å². The number of rotatable bonds is 40. The number of fused-ring (bicyclic) bond motifs is 4. The van der Waals surface area contributed by atoms with Crippen LogP contribution in [0.2, 0.25) is 0 Å². The lowest BCUT2D eigenvalue weighted by Crippen LogP contribution is -2.61. The molecule has 1 aliphatic carbocycles. The van der Waals surface area contributed by atoms with Crippen LogP contribution in [0, 0.1) is 42.4 Å². The zero-order valence-corrected chi connectivity index (χ0v) is 77.9. The lowest BCUT2D eigenvalue weighted by molar-refractivity contribution is -0.265. The number of Topliss-reactive ketones (excluding diaryl/α,β-unsaturated/α-hetero) is 3. The van der Waals surface area contributed by atoms with Crippen molar-refractivity contribution in [3.63, 3.8) is 0 Å². The van der Waals surface area contributed by atoms with E-state index in [4.69, 9.17) is 76.8 Å². The Bertz CT molecular complexity index is 4300. The lowest BCUT2D eigenvalue weighted by Gasteiger charge is -2.42. The van der Waals surface area contributed by atoms with Gasteiger partial charge in [-0.1, -0.05) is 77.1 Å². The van der Waals surface area contributed by atoms with Crippen molar-refractivity contribution in [2.45, 2.75) is 205 Å². The highest BCUT2D eigenvalue weighted by molar-refractivity contribution is 7.91. The van der Waals surface area contributed by atoms with E-state index >= 15 is 0 Å². The van der Waals surface area contributed by atoms with Crippen LogP contribution in [0.1, 0.15) is 153 Å². The maximum Gasteiger partial charge on any atom is 0.407 e. The van der Waals surface area contributed by atoms with Crippen molar-refractivity contribution < 1.29 is 128 Å².